The molecule has 4 bridgehead atoms. The summed E-state index contributed by atoms with van der Waals surface area (Å²) in [5, 5.41) is 55.9. The van der Waals surface area contributed by atoms with Gasteiger partial charge >= 0.3 is 12.1 Å². The van der Waals surface area contributed by atoms with E-state index >= 15 is 14.4 Å². The van der Waals surface area contributed by atoms with Gasteiger partial charge in [0.1, 0.15) is 82.7 Å². The highest BCUT2D eigenvalue weighted by molar-refractivity contribution is 8.76. The number of carbonyl (C=O) groups excluding carboxylic acids is 12. The number of ether oxygens (including phenoxy) is 5. The SMILES string of the molecule is COc1cc2cc(c1Cl)N(C)C(=O)C[C@H](OC(=O)[C@H](C)N(C)C(=O)CCSSCC(=O)NCCNC(=O)CC[C@H]1C(=O)N[C@@H](Cc3ccc(O)cc3)C(=O)N[C@H](Cc3c[nH]c4ccccc34)C(=O)N[C@@H](CCCCN)C(=O)N[C@@H]([C@@H](C)O)C(=O)N[C@@H](Cc3ccccc3)C(=O)N1C)[C@]1(C)O[C@H]1[C@H](C)[C@@H]1C[C@@](O)(NC(=O)O1)[C@H](OC)/C=C/C=C(\C)C2. The number of likely N-dealkylation sites (N-methyl/N-ethyl adjacent to an activating group) is 2. The number of anilines is 1. The summed E-state index contributed by atoms with van der Waals surface area (Å²) in [6.45, 7) is 8.12. The van der Waals surface area contributed by atoms with Gasteiger partial charge in [0.25, 0.3) is 0 Å². The predicted octanol–water partition coefficient (Wildman–Crippen LogP) is 3.99. The Bertz CT molecular complexity index is 4560. The van der Waals surface area contributed by atoms with Gasteiger partial charge in [0.15, 0.2) is 5.72 Å². The molecule has 650 valence electrons. The van der Waals surface area contributed by atoms with Crippen molar-refractivity contribution in [1.29, 1.82) is 0 Å². The number of methoxy groups -OCH3 is 2. The number of para-hydroxylation sites is 1. The molecule has 0 saturated carbocycles. The van der Waals surface area contributed by atoms with Gasteiger partial charge in [-0.25, -0.2) is 9.59 Å². The van der Waals surface area contributed by atoms with E-state index in [1.165, 1.54) is 94.1 Å². The zero-order chi connectivity index (χ0) is 87.3. The standard InChI is InChI=1S/C84H110ClN13O20S2/c1-47-19-18-25-66(115-10)84(113)44-65(116-82(112)95-84)48(2)74-83(5,118-74)67(43-71(104)97(7)63-40-53(37-47)41-64(114-9)72(63)85)117-81(111)49(3)96(6)70(103)32-36-119-120-46-69(102)88-35-34-87-68(101)31-30-62-78(108)92-59(38-52-26-28-55(100)29-27-52)76(106)91-60(42-54-45-89-57-23-15-14-22-56(54)57)77(107)90-58(24-16-17-33-86)75(105)94-73(50(4)99)79(109)93-61(80(110)98(62)8)39-51-20-12-11-13-21-51/h11-15,18-23,25-29,40-41,45,48-50,58-62,65-67,73-74,89,99-100,113H,16-17,24,30-39,42-44,46,86H2,1-10H3,(H,87,101)(H,88,102)(H,90,107)(H,91,106)(H,92,108)(H,93,109)(H,94,105)(H,95,112)/b25-18+,47-19+/t48-,49+,50-,58+,59+,60-,61+,62+,65+,66-,67+,73+,74+,83+,84+/m1/s1. The van der Waals surface area contributed by atoms with Crippen LogP contribution in [0.3, 0.4) is 0 Å². The Kier molecular flexibility index (Phi) is 33.8. The Morgan fingerprint density at radius 3 is 2.12 bits per heavy atom. The number of halogens is 1. The van der Waals surface area contributed by atoms with Crippen molar-refractivity contribution in [1.82, 2.24) is 57.3 Å². The van der Waals surface area contributed by atoms with Crippen LogP contribution in [0.4, 0.5) is 10.5 Å². The number of aromatic hydroxyl groups is 1. The van der Waals surface area contributed by atoms with Crippen LogP contribution in [-0.2, 0) is 97.4 Å². The maximum Gasteiger partial charge on any atom is 0.409 e. The third kappa shape index (κ3) is 25.0. The number of aliphatic hydroxyl groups is 2. The lowest BCUT2D eigenvalue weighted by Gasteiger charge is -2.42. The number of fused-ring (bicyclic) bond motifs is 6. The van der Waals surface area contributed by atoms with Crippen molar-refractivity contribution in [3.8, 4) is 11.5 Å². The Hall–Kier alpha value is -10.3. The molecule has 14 N–H and O–H groups in total. The first-order chi connectivity index (χ1) is 57.1. The first kappa shape index (κ1) is 93.6. The molecule has 11 amide bonds. The predicted molar refractivity (Wildman–Crippen MR) is 450 cm³/mol. The molecular weight excluding hydrogens is 1610 g/mol. The van der Waals surface area contributed by atoms with Crippen LogP contribution in [0.5, 0.6) is 11.5 Å². The van der Waals surface area contributed by atoms with Crippen LogP contribution >= 0.6 is 33.2 Å². The number of nitrogens with zero attached hydrogens (tertiary/aromatic N) is 3. The zero-order valence-electron chi connectivity index (χ0n) is 68.9. The Labute approximate surface area is 709 Å². The molecule has 4 aliphatic heterocycles. The van der Waals surface area contributed by atoms with Gasteiger partial charge < -0.3 is 102 Å². The number of aliphatic hydroxyl groups excluding tert-OH is 1. The number of hydrogen-bond donors (Lipinski definition) is 13. The Morgan fingerprint density at radius 2 is 1.43 bits per heavy atom. The van der Waals surface area contributed by atoms with Crippen molar-refractivity contribution in [3.05, 3.63) is 148 Å². The maximum atomic E-state index is 15.2. The lowest BCUT2D eigenvalue weighted by atomic mass is 9.83. The first-order valence-electron chi connectivity index (χ1n) is 39.8. The number of epoxide rings is 1. The molecular formula is C84H110ClN13O20S2. The lowest BCUT2D eigenvalue weighted by Crippen LogP contribution is -2.63. The largest absolute Gasteiger partial charge is 0.508 e. The van der Waals surface area contributed by atoms with Gasteiger partial charge in [0.2, 0.25) is 59.1 Å². The van der Waals surface area contributed by atoms with Gasteiger partial charge in [0, 0.05) is 109 Å². The summed E-state index contributed by atoms with van der Waals surface area (Å²) in [5.41, 5.74) is 6.81. The molecule has 36 heteroatoms. The molecule has 5 heterocycles. The summed E-state index contributed by atoms with van der Waals surface area (Å²) >= 11 is 6.87. The summed E-state index contributed by atoms with van der Waals surface area (Å²) < 4.78 is 29.6. The van der Waals surface area contributed by atoms with E-state index in [1.807, 2.05) is 31.2 Å². The summed E-state index contributed by atoms with van der Waals surface area (Å²) in [4.78, 5) is 179. The fourth-order valence-corrected chi connectivity index (χ4v) is 16.9. The Balaban J connectivity index is 0.831. The van der Waals surface area contributed by atoms with Crippen LogP contribution in [-0.4, -0.2) is 252 Å². The monoisotopic (exact) mass is 1720 g/mol. The minimum absolute atomic E-state index is 0.0149. The number of nitrogens with one attached hydrogen (secondary N) is 9. The van der Waals surface area contributed by atoms with Crippen molar-refractivity contribution in [2.45, 2.75) is 196 Å². The van der Waals surface area contributed by atoms with Gasteiger partial charge in [0.05, 0.1) is 37.2 Å². The minimum atomic E-state index is -1.93. The molecule has 33 nitrogen and oxygen atoms in total. The second-order valence-corrected chi connectivity index (χ2v) is 33.8. The van der Waals surface area contributed by atoms with E-state index in [9.17, 15) is 58.5 Å². The number of esters is 1. The summed E-state index contributed by atoms with van der Waals surface area (Å²) in [5.74, 6) is -8.50. The topological polar surface area (TPSA) is 463 Å². The third-order valence-electron chi connectivity index (χ3n) is 22.0. The molecule has 0 aliphatic carbocycles. The number of H-pyrrole nitrogens is 1. The lowest BCUT2D eigenvalue weighted by molar-refractivity contribution is -0.162. The van der Waals surface area contributed by atoms with Gasteiger partial charge in [-0.3, -0.25) is 53.3 Å². The average Bonchev–Trinajstić information content (AvgIpc) is 1.57. The van der Waals surface area contributed by atoms with Crippen LogP contribution in [0.15, 0.2) is 121 Å². The molecule has 0 unspecified atom stereocenters. The van der Waals surface area contributed by atoms with E-state index in [0.717, 1.165) is 37.7 Å². The second-order valence-electron chi connectivity index (χ2n) is 30.8. The summed E-state index contributed by atoms with van der Waals surface area (Å²) in [7, 11) is 9.44. The number of hydrogen-bond acceptors (Lipinski definition) is 23. The van der Waals surface area contributed by atoms with E-state index in [0.29, 0.717) is 47.4 Å². The molecule has 5 aromatic rings. The smallest absolute Gasteiger partial charge is 0.409 e. The number of phenolic OH excluding ortho intramolecular Hbond substituents is 1. The van der Waals surface area contributed by atoms with Crippen LogP contribution in [0, 0.1) is 5.92 Å². The number of alkyl carbamates (subject to hydrolysis) is 1. The molecule has 4 aliphatic rings. The van der Waals surface area contributed by atoms with Gasteiger partial charge in [-0.1, -0.05) is 125 Å². The fraction of sp³-hybridized carbons (Fsp3) is 0.500. The first-order valence-corrected chi connectivity index (χ1v) is 42.7. The molecule has 9 rings (SSSR count). The van der Waals surface area contributed by atoms with E-state index in [1.54, 1.807) is 80.7 Å². The van der Waals surface area contributed by atoms with Gasteiger partial charge in [-0.15, -0.1) is 0 Å². The molecule has 0 spiro atoms. The number of allylic oxidation sites excluding steroid dienone is 3. The summed E-state index contributed by atoms with van der Waals surface area (Å²) in [6, 6.07) is 14.9. The van der Waals surface area contributed by atoms with Crippen molar-refractivity contribution < 1.29 is 96.5 Å². The van der Waals surface area contributed by atoms with Crippen LogP contribution < -0.4 is 57.9 Å². The number of nitrogens with two attached hydrogens (primary N) is 1. The number of unbranched alkanes of at least 4 members (excludes halogenated alkanes) is 1. The number of phenols is 1. The van der Waals surface area contributed by atoms with E-state index < -0.39 is 174 Å². The fourth-order valence-electron chi connectivity index (χ4n) is 14.7. The van der Waals surface area contributed by atoms with E-state index in [4.69, 9.17) is 41.0 Å². The highest BCUT2D eigenvalue weighted by Crippen LogP contribution is 2.49. The van der Waals surface area contributed by atoms with Crippen molar-refractivity contribution in [3.63, 3.8) is 0 Å². The Morgan fingerprint density at radius 1 is 0.783 bits per heavy atom. The van der Waals surface area contributed by atoms with Gasteiger partial charge in [-0.2, -0.15) is 0 Å². The number of carbonyl (C=O) groups is 12. The maximum absolute atomic E-state index is 15.2. The molecule has 3 saturated heterocycles. The normalized spacial score (nSPS) is 26.1. The molecule has 3 fully saturated rings. The minimum Gasteiger partial charge on any atom is -0.508 e. The third-order valence-corrected chi connectivity index (χ3v) is 24.7. The number of aromatic amines is 1. The highest BCUT2D eigenvalue weighted by Gasteiger charge is 2.65. The molecule has 120 heavy (non-hydrogen) atoms. The number of benzene rings is 4. The second kappa shape index (κ2) is 43.3. The number of aromatic nitrogens is 1. The van der Waals surface area contributed by atoms with E-state index in [-0.39, 0.29) is 86.9 Å². The van der Waals surface area contributed by atoms with Crippen molar-refractivity contribution in [2.75, 3.05) is 71.4 Å². The summed E-state index contributed by atoms with van der Waals surface area (Å²) in [6.07, 6.45) is -0.532. The number of amides is 11. The van der Waals surface area contributed by atoms with Gasteiger partial charge in [-0.05, 0) is 119 Å². The van der Waals surface area contributed by atoms with Crippen molar-refractivity contribution >= 4 is 121 Å². The quantitative estimate of drug-likeness (QED) is 0.0146. The molecule has 4 aromatic carbocycles. The van der Waals surface area contributed by atoms with Crippen molar-refractivity contribution in [2.24, 2.45) is 11.7 Å². The molecule has 0 radical (unpaired) electrons. The van der Waals surface area contributed by atoms with Crippen LogP contribution in [0.25, 0.3) is 10.9 Å². The molecule has 15 atom stereocenters. The van der Waals surface area contributed by atoms with E-state index in [2.05, 4.69) is 47.5 Å². The van der Waals surface area contributed by atoms with Crippen LogP contribution in [0.1, 0.15) is 108 Å². The highest BCUT2D eigenvalue weighted by atomic mass is 35.5. The molecule has 1 aromatic heterocycles. The number of rotatable bonds is 28. The van der Waals surface area contributed by atoms with Crippen LogP contribution in [0.2, 0.25) is 5.02 Å². The average molecular weight is 1720 g/mol. The zero-order valence-corrected chi connectivity index (χ0v) is 71.3.